The van der Waals surface area contributed by atoms with Crippen molar-refractivity contribution < 1.29 is 0 Å². The number of hydrogen-bond acceptors (Lipinski definition) is 1. The van der Waals surface area contributed by atoms with Crippen molar-refractivity contribution in [2.75, 3.05) is 5.73 Å². The van der Waals surface area contributed by atoms with Crippen LogP contribution >= 0.6 is 0 Å². The maximum atomic E-state index is 5.73. The Morgan fingerprint density at radius 1 is 1.00 bits per heavy atom. The van der Waals surface area contributed by atoms with E-state index in [0.717, 1.165) is 31.4 Å². The molecule has 31 heavy (non-hydrogen) atoms. The molecule has 1 heteroatoms. The first-order valence-corrected chi connectivity index (χ1v) is 11.2. The standard InChI is InChI=1S/C18H23N.C12H16/c1-4-6-7-8-9-17(14-15(3)5-2)16-10-12-18(19)13-11-16;1-3-7-11(2)10-12-8-5-4-6-9-12/h4,6-13H,3,5,14,19H2,1-2H3;3-6,8-9,11H,1,7,10H2,2H3/b6-4+,8-7-,17-9+;. The van der Waals surface area contributed by atoms with E-state index in [4.69, 9.17) is 5.73 Å². The Hall–Kier alpha value is -3.06. The van der Waals surface area contributed by atoms with Crippen molar-refractivity contribution in [3.05, 3.63) is 121 Å². The average molecular weight is 414 g/mol. The van der Waals surface area contributed by atoms with E-state index in [1.807, 2.05) is 43.4 Å². The summed E-state index contributed by atoms with van der Waals surface area (Å²) in [6.07, 6.45) is 16.4. The summed E-state index contributed by atoms with van der Waals surface area (Å²) in [6.45, 7) is 14.2. The Morgan fingerprint density at radius 2 is 1.68 bits per heavy atom. The Kier molecular flexibility index (Phi) is 13.2. The highest BCUT2D eigenvalue weighted by atomic mass is 14.5. The van der Waals surface area contributed by atoms with Gasteiger partial charge in [0.25, 0.3) is 0 Å². The minimum absolute atomic E-state index is 0.713. The molecular formula is C30H39N. The van der Waals surface area contributed by atoms with Crippen LogP contribution in [-0.4, -0.2) is 0 Å². The summed E-state index contributed by atoms with van der Waals surface area (Å²) in [5.41, 5.74) is 11.7. The summed E-state index contributed by atoms with van der Waals surface area (Å²) in [5.74, 6) is 0.713. The third-order valence-corrected chi connectivity index (χ3v) is 4.93. The largest absolute Gasteiger partial charge is 0.399 e. The van der Waals surface area contributed by atoms with Crippen LogP contribution in [0.25, 0.3) is 5.57 Å². The second-order valence-corrected chi connectivity index (χ2v) is 7.82. The van der Waals surface area contributed by atoms with Crippen LogP contribution in [-0.2, 0) is 6.42 Å². The Bertz CT molecular complexity index is 851. The van der Waals surface area contributed by atoms with Crippen molar-refractivity contribution in [2.45, 2.75) is 46.5 Å². The predicted molar refractivity (Wildman–Crippen MR) is 141 cm³/mol. The normalized spacial score (nSPS) is 12.4. The van der Waals surface area contributed by atoms with Gasteiger partial charge in [0.1, 0.15) is 0 Å². The second-order valence-electron chi connectivity index (χ2n) is 7.82. The molecule has 0 spiro atoms. The zero-order valence-corrected chi connectivity index (χ0v) is 19.6. The fourth-order valence-corrected chi connectivity index (χ4v) is 3.08. The molecule has 1 nitrogen and oxygen atoms in total. The van der Waals surface area contributed by atoms with Gasteiger partial charge in [0.05, 0.1) is 0 Å². The van der Waals surface area contributed by atoms with Crippen molar-refractivity contribution in [1.82, 2.24) is 0 Å². The van der Waals surface area contributed by atoms with Gasteiger partial charge >= 0.3 is 0 Å². The lowest BCUT2D eigenvalue weighted by Gasteiger charge is -2.09. The quantitative estimate of drug-likeness (QED) is 0.235. The van der Waals surface area contributed by atoms with Crippen LogP contribution in [0.15, 0.2) is 110 Å². The number of allylic oxidation sites excluding steroid dienone is 8. The van der Waals surface area contributed by atoms with Gasteiger partial charge in [-0.05, 0) is 67.4 Å². The van der Waals surface area contributed by atoms with Crippen molar-refractivity contribution in [3.63, 3.8) is 0 Å². The molecule has 2 aromatic rings. The van der Waals surface area contributed by atoms with E-state index < -0.39 is 0 Å². The maximum absolute atomic E-state index is 5.73. The van der Waals surface area contributed by atoms with Gasteiger partial charge in [0.15, 0.2) is 0 Å². The van der Waals surface area contributed by atoms with Crippen LogP contribution in [0, 0.1) is 5.92 Å². The van der Waals surface area contributed by atoms with Gasteiger partial charge < -0.3 is 5.73 Å². The first-order valence-electron chi connectivity index (χ1n) is 11.2. The van der Waals surface area contributed by atoms with Gasteiger partial charge in [-0.3, -0.25) is 0 Å². The van der Waals surface area contributed by atoms with Crippen LogP contribution in [0.4, 0.5) is 5.69 Å². The van der Waals surface area contributed by atoms with Crippen LogP contribution in [0.3, 0.4) is 0 Å². The van der Waals surface area contributed by atoms with Gasteiger partial charge in [0.2, 0.25) is 0 Å². The molecule has 0 fully saturated rings. The minimum atomic E-state index is 0.713. The Labute approximate surface area is 190 Å². The molecule has 2 aromatic carbocycles. The molecule has 0 saturated carbocycles. The molecule has 0 heterocycles. The minimum Gasteiger partial charge on any atom is -0.399 e. The second kappa shape index (κ2) is 15.7. The molecule has 0 bridgehead atoms. The molecule has 1 atom stereocenters. The monoisotopic (exact) mass is 413 g/mol. The molecule has 0 aliphatic carbocycles. The lowest BCUT2D eigenvalue weighted by atomic mass is 9.97. The molecule has 0 radical (unpaired) electrons. The molecule has 0 saturated heterocycles. The number of hydrogen-bond donors (Lipinski definition) is 1. The number of benzene rings is 2. The zero-order chi connectivity index (χ0) is 22.9. The van der Waals surface area contributed by atoms with Crippen LogP contribution < -0.4 is 5.73 Å². The molecule has 1 unspecified atom stereocenters. The van der Waals surface area contributed by atoms with E-state index in [2.05, 4.69) is 81.6 Å². The Balaban J connectivity index is 0.000000343. The van der Waals surface area contributed by atoms with E-state index >= 15 is 0 Å². The SMILES string of the molecule is C=C(CC)C\C(=C/C=C\C=C\C)c1ccc(N)cc1.C=CCC(C)Cc1ccccc1. The number of nitrogens with two attached hydrogens (primary N) is 1. The molecule has 2 N–H and O–H groups in total. The first-order chi connectivity index (χ1) is 15.0. The fourth-order valence-electron chi connectivity index (χ4n) is 3.08. The average Bonchev–Trinajstić information content (AvgIpc) is 2.77. The lowest BCUT2D eigenvalue weighted by Crippen LogP contribution is -1.97. The van der Waals surface area contributed by atoms with E-state index in [1.54, 1.807) is 0 Å². The Morgan fingerprint density at radius 3 is 2.26 bits per heavy atom. The van der Waals surface area contributed by atoms with E-state index in [-0.39, 0.29) is 0 Å². The fraction of sp³-hybridized carbons (Fsp3) is 0.267. The van der Waals surface area contributed by atoms with Gasteiger partial charge in [-0.25, -0.2) is 0 Å². The van der Waals surface area contributed by atoms with Crippen molar-refractivity contribution >= 4 is 11.3 Å². The molecule has 2 rings (SSSR count). The van der Waals surface area contributed by atoms with E-state index in [0.29, 0.717) is 5.92 Å². The van der Waals surface area contributed by atoms with Crippen LogP contribution in [0.5, 0.6) is 0 Å². The highest BCUT2D eigenvalue weighted by molar-refractivity contribution is 5.70. The summed E-state index contributed by atoms with van der Waals surface area (Å²) in [4.78, 5) is 0. The van der Waals surface area contributed by atoms with Gasteiger partial charge in [-0.15, -0.1) is 6.58 Å². The highest BCUT2D eigenvalue weighted by Crippen LogP contribution is 2.24. The molecule has 0 aliphatic heterocycles. The predicted octanol–water partition coefficient (Wildman–Crippen LogP) is 8.58. The highest BCUT2D eigenvalue weighted by Gasteiger charge is 2.02. The third-order valence-electron chi connectivity index (χ3n) is 4.93. The first kappa shape index (κ1) is 26.0. The van der Waals surface area contributed by atoms with Crippen LogP contribution in [0.1, 0.15) is 51.2 Å². The molecule has 0 aromatic heterocycles. The van der Waals surface area contributed by atoms with Gasteiger partial charge in [0, 0.05) is 5.69 Å². The zero-order valence-electron chi connectivity index (χ0n) is 19.6. The van der Waals surface area contributed by atoms with E-state index in [9.17, 15) is 0 Å². The summed E-state index contributed by atoms with van der Waals surface area (Å²) in [6, 6.07) is 18.6. The third kappa shape index (κ3) is 11.6. The van der Waals surface area contributed by atoms with Gasteiger partial charge in [-0.2, -0.15) is 0 Å². The number of nitrogen functional groups attached to an aromatic ring is 1. The van der Waals surface area contributed by atoms with Crippen molar-refractivity contribution in [3.8, 4) is 0 Å². The lowest BCUT2D eigenvalue weighted by molar-refractivity contribution is 0.590. The van der Waals surface area contributed by atoms with Crippen molar-refractivity contribution in [1.29, 1.82) is 0 Å². The number of rotatable bonds is 10. The van der Waals surface area contributed by atoms with Crippen molar-refractivity contribution in [2.24, 2.45) is 5.92 Å². The smallest absolute Gasteiger partial charge is 0.0314 e. The molecule has 164 valence electrons. The summed E-state index contributed by atoms with van der Waals surface area (Å²) in [7, 11) is 0. The van der Waals surface area contributed by atoms with Gasteiger partial charge in [-0.1, -0.05) is 105 Å². The summed E-state index contributed by atoms with van der Waals surface area (Å²) in [5, 5.41) is 0. The van der Waals surface area contributed by atoms with E-state index in [1.165, 1.54) is 22.3 Å². The topological polar surface area (TPSA) is 26.0 Å². The molecular weight excluding hydrogens is 374 g/mol. The maximum Gasteiger partial charge on any atom is 0.0314 e. The molecule has 0 amide bonds. The summed E-state index contributed by atoms with van der Waals surface area (Å²) < 4.78 is 0. The number of anilines is 1. The van der Waals surface area contributed by atoms with Crippen LogP contribution in [0.2, 0.25) is 0 Å². The molecule has 0 aliphatic rings. The summed E-state index contributed by atoms with van der Waals surface area (Å²) >= 11 is 0.